The molecule has 2 aromatic heterocycles. The first-order valence-corrected chi connectivity index (χ1v) is 7.23. The van der Waals surface area contributed by atoms with Crippen molar-refractivity contribution in [2.24, 2.45) is 0 Å². The van der Waals surface area contributed by atoms with Crippen LogP contribution in [0.15, 0.2) is 18.3 Å². The summed E-state index contributed by atoms with van der Waals surface area (Å²) in [6, 6.07) is 3.44. The lowest BCUT2D eigenvalue weighted by molar-refractivity contribution is -0.146. The Kier molecular flexibility index (Phi) is 3.99. The molecule has 1 fully saturated rings. The summed E-state index contributed by atoms with van der Waals surface area (Å²) >= 11 is 0. The van der Waals surface area contributed by atoms with Crippen molar-refractivity contribution in [1.29, 1.82) is 0 Å². The predicted molar refractivity (Wildman–Crippen MR) is 79.6 cm³/mol. The van der Waals surface area contributed by atoms with E-state index in [0.717, 1.165) is 5.56 Å². The Balaban J connectivity index is 1.69. The summed E-state index contributed by atoms with van der Waals surface area (Å²) in [5, 5.41) is 2.60. The van der Waals surface area contributed by atoms with Crippen LogP contribution in [0.4, 0.5) is 4.39 Å². The Morgan fingerprint density at radius 1 is 1.57 bits per heavy atom. The number of imidazole rings is 1. The minimum atomic E-state index is -0.700. The molecule has 1 aliphatic heterocycles. The van der Waals surface area contributed by atoms with Crippen LogP contribution in [0.2, 0.25) is 0 Å². The smallest absolute Gasteiger partial charge is 0.274 e. The number of carbonyl (C=O) groups excluding carboxylic acids is 2. The number of hydrogen-bond donors (Lipinski definition) is 1. The first-order valence-electron chi connectivity index (χ1n) is 7.23. The zero-order chi connectivity index (χ0) is 16.6. The van der Waals surface area contributed by atoms with Crippen molar-refractivity contribution in [3.8, 4) is 0 Å². The third-order valence-corrected chi connectivity index (χ3v) is 3.77. The van der Waals surface area contributed by atoms with E-state index < -0.39 is 11.9 Å². The SMILES string of the molecule is Cc1ccn2c(F)c(C(=O)NC[C@@H]3CN(C)C(=O)CO3)nc2c1. The Morgan fingerprint density at radius 3 is 3.09 bits per heavy atom. The minimum Gasteiger partial charge on any atom is -0.365 e. The van der Waals surface area contributed by atoms with Crippen LogP contribution in [-0.2, 0) is 9.53 Å². The van der Waals surface area contributed by atoms with E-state index in [9.17, 15) is 14.0 Å². The first kappa shape index (κ1) is 15.4. The summed E-state index contributed by atoms with van der Waals surface area (Å²) in [4.78, 5) is 29.0. The number of pyridine rings is 1. The van der Waals surface area contributed by atoms with Crippen LogP contribution < -0.4 is 5.32 Å². The number of aromatic nitrogens is 2. The van der Waals surface area contributed by atoms with Gasteiger partial charge in [0.05, 0.1) is 6.10 Å². The fourth-order valence-electron chi connectivity index (χ4n) is 2.43. The molecule has 0 unspecified atom stereocenters. The van der Waals surface area contributed by atoms with Gasteiger partial charge in [0, 0.05) is 26.3 Å². The standard InChI is InChI=1S/C15H17FN4O3/c1-9-3-4-20-11(5-9)18-13(14(20)16)15(22)17-6-10-7-19(2)12(21)8-23-10/h3-5,10H,6-8H2,1-2H3,(H,17,22)/t10-/m1/s1. The fraction of sp³-hybridized carbons (Fsp3) is 0.400. The summed E-state index contributed by atoms with van der Waals surface area (Å²) in [7, 11) is 1.67. The molecule has 8 heteroatoms. The topological polar surface area (TPSA) is 75.9 Å². The number of aryl methyl sites for hydroxylation is 1. The van der Waals surface area contributed by atoms with E-state index in [4.69, 9.17) is 4.74 Å². The highest BCUT2D eigenvalue weighted by atomic mass is 19.1. The molecule has 0 bridgehead atoms. The summed E-state index contributed by atoms with van der Waals surface area (Å²) in [5.41, 5.74) is 1.06. The molecule has 0 saturated carbocycles. The maximum absolute atomic E-state index is 14.2. The highest BCUT2D eigenvalue weighted by Crippen LogP contribution is 2.13. The van der Waals surface area contributed by atoms with Gasteiger partial charge in [-0.3, -0.25) is 14.0 Å². The number of amides is 2. The number of nitrogens with one attached hydrogen (secondary N) is 1. The van der Waals surface area contributed by atoms with Crippen molar-refractivity contribution in [2.75, 3.05) is 26.7 Å². The zero-order valence-electron chi connectivity index (χ0n) is 12.9. The highest BCUT2D eigenvalue weighted by Gasteiger charge is 2.25. The summed E-state index contributed by atoms with van der Waals surface area (Å²) < 4.78 is 20.8. The van der Waals surface area contributed by atoms with Crippen molar-refractivity contribution in [1.82, 2.24) is 19.6 Å². The Labute approximate surface area is 132 Å². The van der Waals surface area contributed by atoms with Gasteiger partial charge in [-0.25, -0.2) is 4.98 Å². The van der Waals surface area contributed by atoms with Gasteiger partial charge in [-0.1, -0.05) is 0 Å². The summed E-state index contributed by atoms with van der Waals surface area (Å²) in [5.74, 6) is -1.41. The van der Waals surface area contributed by atoms with Gasteiger partial charge in [-0.2, -0.15) is 4.39 Å². The number of rotatable bonds is 3. The molecule has 122 valence electrons. The number of carbonyl (C=O) groups is 2. The Bertz CT molecular complexity index is 773. The molecular weight excluding hydrogens is 303 g/mol. The van der Waals surface area contributed by atoms with E-state index in [1.807, 2.05) is 6.92 Å². The van der Waals surface area contributed by atoms with Crippen molar-refractivity contribution < 1.29 is 18.7 Å². The van der Waals surface area contributed by atoms with Gasteiger partial charge in [-0.05, 0) is 24.6 Å². The van der Waals surface area contributed by atoms with Crippen LogP contribution in [0.5, 0.6) is 0 Å². The number of fused-ring (bicyclic) bond motifs is 1. The lowest BCUT2D eigenvalue weighted by atomic mass is 10.2. The molecule has 0 aromatic carbocycles. The normalized spacial score (nSPS) is 18.5. The number of morpholine rings is 1. The minimum absolute atomic E-state index is 0.0148. The van der Waals surface area contributed by atoms with Crippen LogP contribution in [-0.4, -0.2) is 58.9 Å². The van der Waals surface area contributed by atoms with E-state index in [2.05, 4.69) is 10.3 Å². The van der Waals surface area contributed by atoms with Gasteiger partial charge in [-0.15, -0.1) is 0 Å². The van der Waals surface area contributed by atoms with Gasteiger partial charge < -0.3 is 15.0 Å². The van der Waals surface area contributed by atoms with Gasteiger partial charge >= 0.3 is 0 Å². The van der Waals surface area contributed by atoms with Crippen LogP contribution in [0.25, 0.3) is 5.65 Å². The molecule has 0 radical (unpaired) electrons. The molecule has 0 spiro atoms. The number of hydrogen-bond acceptors (Lipinski definition) is 4. The second kappa shape index (κ2) is 5.96. The highest BCUT2D eigenvalue weighted by molar-refractivity contribution is 5.93. The number of ether oxygens (including phenoxy) is 1. The van der Waals surface area contributed by atoms with E-state index in [0.29, 0.717) is 12.2 Å². The van der Waals surface area contributed by atoms with Crippen molar-refractivity contribution >= 4 is 17.5 Å². The van der Waals surface area contributed by atoms with Crippen molar-refractivity contribution in [3.05, 3.63) is 35.5 Å². The molecule has 1 aliphatic rings. The molecule has 1 saturated heterocycles. The lowest BCUT2D eigenvalue weighted by Gasteiger charge is -2.29. The molecular formula is C15H17FN4O3. The van der Waals surface area contributed by atoms with Crippen molar-refractivity contribution in [3.63, 3.8) is 0 Å². The van der Waals surface area contributed by atoms with E-state index >= 15 is 0 Å². The molecule has 2 amide bonds. The third-order valence-electron chi connectivity index (χ3n) is 3.77. The zero-order valence-corrected chi connectivity index (χ0v) is 12.9. The van der Waals surface area contributed by atoms with E-state index in [1.54, 1.807) is 19.2 Å². The van der Waals surface area contributed by atoms with Crippen molar-refractivity contribution in [2.45, 2.75) is 13.0 Å². The maximum Gasteiger partial charge on any atom is 0.274 e. The largest absolute Gasteiger partial charge is 0.365 e. The van der Waals surface area contributed by atoms with Gasteiger partial charge in [0.25, 0.3) is 5.91 Å². The molecule has 2 aromatic rings. The average molecular weight is 320 g/mol. The van der Waals surface area contributed by atoms with Crippen LogP contribution >= 0.6 is 0 Å². The molecule has 0 aliphatic carbocycles. The van der Waals surface area contributed by atoms with Gasteiger partial charge in [0.2, 0.25) is 11.9 Å². The summed E-state index contributed by atoms with van der Waals surface area (Å²) in [6.45, 7) is 2.42. The lowest BCUT2D eigenvalue weighted by Crippen LogP contribution is -2.48. The maximum atomic E-state index is 14.2. The quantitative estimate of drug-likeness (QED) is 0.886. The molecule has 1 N–H and O–H groups in total. The van der Waals surface area contributed by atoms with Crippen LogP contribution in [0.1, 0.15) is 16.1 Å². The average Bonchev–Trinajstić information content (AvgIpc) is 2.84. The molecule has 1 atom stereocenters. The van der Waals surface area contributed by atoms with Crippen LogP contribution in [0.3, 0.4) is 0 Å². The van der Waals surface area contributed by atoms with E-state index in [-0.39, 0.29) is 30.9 Å². The molecule has 23 heavy (non-hydrogen) atoms. The predicted octanol–water partition coefficient (Wildman–Crippen LogP) is 0.369. The molecule has 7 nitrogen and oxygen atoms in total. The third kappa shape index (κ3) is 3.02. The van der Waals surface area contributed by atoms with Gasteiger partial charge in [0.15, 0.2) is 5.69 Å². The second-order valence-corrected chi connectivity index (χ2v) is 5.60. The second-order valence-electron chi connectivity index (χ2n) is 5.60. The van der Waals surface area contributed by atoms with Gasteiger partial charge in [0.1, 0.15) is 12.3 Å². The Morgan fingerprint density at radius 2 is 2.35 bits per heavy atom. The Hall–Kier alpha value is -2.48. The monoisotopic (exact) mass is 320 g/mol. The molecule has 3 rings (SSSR count). The van der Waals surface area contributed by atoms with Crippen LogP contribution in [0, 0.1) is 12.9 Å². The number of likely N-dealkylation sites (N-methyl/N-ethyl adjacent to an activating group) is 1. The first-order chi connectivity index (χ1) is 11.0. The van der Waals surface area contributed by atoms with E-state index in [1.165, 1.54) is 15.5 Å². The number of nitrogens with zero attached hydrogens (tertiary/aromatic N) is 3. The summed E-state index contributed by atoms with van der Waals surface area (Å²) in [6.07, 6.45) is 1.22. The fourth-order valence-corrected chi connectivity index (χ4v) is 2.43. The number of halogens is 1. The molecule has 3 heterocycles.